The molecule has 19 heavy (non-hydrogen) atoms. The second-order valence-electron chi connectivity index (χ2n) is 4.14. The van der Waals surface area contributed by atoms with Gasteiger partial charge in [0.2, 0.25) is 0 Å². The Bertz CT molecular complexity index is 826. The fourth-order valence-electron chi connectivity index (χ4n) is 2.04. The quantitative estimate of drug-likeness (QED) is 0.751. The number of nitrogens with one attached hydrogen (secondary N) is 2. The maximum Gasteiger partial charge on any atom is 0.330 e. The molecule has 3 heterocycles. The van der Waals surface area contributed by atoms with Crippen LogP contribution in [-0.4, -0.2) is 19.5 Å². The van der Waals surface area contributed by atoms with E-state index in [1.807, 2.05) is 24.4 Å². The van der Waals surface area contributed by atoms with Crippen LogP contribution in [0.25, 0.3) is 11.2 Å². The Kier molecular flexibility index (Phi) is 2.83. The van der Waals surface area contributed by atoms with Gasteiger partial charge in [0.15, 0.2) is 5.65 Å². The van der Waals surface area contributed by atoms with Crippen molar-refractivity contribution < 1.29 is 0 Å². The summed E-state index contributed by atoms with van der Waals surface area (Å²) in [6, 6.07) is 3.98. The summed E-state index contributed by atoms with van der Waals surface area (Å²) in [5.41, 5.74) is -0.0698. The highest BCUT2D eigenvalue weighted by atomic mass is 32.1. The lowest BCUT2D eigenvalue weighted by atomic mass is 10.3. The average molecular weight is 276 g/mol. The highest BCUT2D eigenvalue weighted by molar-refractivity contribution is 7.09. The predicted molar refractivity (Wildman–Crippen MR) is 73.8 cm³/mol. The lowest BCUT2D eigenvalue weighted by molar-refractivity contribution is 0.719. The van der Waals surface area contributed by atoms with E-state index in [-0.39, 0.29) is 0 Å². The minimum Gasteiger partial charge on any atom is -0.336 e. The second kappa shape index (κ2) is 4.51. The highest BCUT2D eigenvalue weighted by Gasteiger charge is 2.12. The number of aryl methyl sites for hydroxylation is 1. The van der Waals surface area contributed by atoms with E-state index in [0.717, 1.165) is 4.88 Å². The molecule has 0 saturated heterocycles. The number of fused-ring (bicyclic) bond motifs is 1. The molecule has 6 nitrogen and oxygen atoms in total. The van der Waals surface area contributed by atoms with Crippen molar-refractivity contribution in [1.29, 1.82) is 0 Å². The molecule has 0 unspecified atom stereocenters. The molecule has 0 aliphatic carbocycles. The maximum absolute atomic E-state index is 11.7. The van der Waals surface area contributed by atoms with Crippen LogP contribution >= 0.6 is 11.3 Å². The van der Waals surface area contributed by atoms with Gasteiger partial charge in [0, 0.05) is 17.8 Å². The SMILES string of the molecule is CCn1c(=O)[nH]c(=O)c2[nH]c(Cc3cccs3)nc21. The van der Waals surface area contributed by atoms with Crippen LogP contribution in [0, 0.1) is 0 Å². The topological polar surface area (TPSA) is 83.5 Å². The Balaban J connectivity index is 2.17. The fraction of sp³-hybridized carbons (Fsp3) is 0.250. The first-order chi connectivity index (χ1) is 9.19. The zero-order chi connectivity index (χ0) is 13.4. The summed E-state index contributed by atoms with van der Waals surface area (Å²) in [5, 5.41) is 1.99. The van der Waals surface area contributed by atoms with Crippen molar-refractivity contribution in [2.45, 2.75) is 19.9 Å². The number of thiophene rings is 1. The third-order valence-corrected chi connectivity index (χ3v) is 3.80. The van der Waals surface area contributed by atoms with E-state index in [0.29, 0.717) is 30.0 Å². The van der Waals surface area contributed by atoms with Crippen LogP contribution in [0.2, 0.25) is 0 Å². The summed E-state index contributed by atoms with van der Waals surface area (Å²) in [5.74, 6) is 0.691. The molecule has 0 radical (unpaired) electrons. The third kappa shape index (κ3) is 2.01. The van der Waals surface area contributed by atoms with E-state index < -0.39 is 11.2 Å². The number of imidazole rings is 1. The summed E-state index contributed by atoms with van der Waals surface area (Å²) >= 11 is 1.63. The molecule has 0 saturated carbocycles. The molecule has 98 valence electrons. The largest absolute Gasteiger partial charge is 0.336 e. The van der Waals surface area contributed by atoms with Crippen LogP contribution in [0.3, 0.4) is 0 Å². The number of aromatic amines is 2. The van der Waals surface area contributed by atoms with Crippen molar-refractivity contribution in [3.05, 3.63) is 49.1 Å². The van der Waals surface area contributed by atoms with Gasteiger partial charge in [0.1, 0.15) is 11.3 Å². The first-order valence-corrected chi connectivity index (χ1v) is 6.81. The normalized spacial score (nSPS) is 11.2. The molecular weight excluding hydrogens is 264 g/mol. The van der Waals surface area contributed by atoms with Gasteiger partial charge >= 0.3 is 5.69 Å². The Hall–Kier alpha value is -2.15. The van der Waals surface area contributed by atoms with Gasteiger partial charge in [-0.3, -0.25) is 14.3 Å². The number of hydrogen-bond acceptors (Lipinski definition) is 4. The lowest BCUT2D eigenvalue weighted by Crippen LogP contribution is -2.29. The molecule has 3 aromatic rings. The van der Waals surface area contributed by atoms with Crippen LogP contribution in [-0.2, 0) is 13.0 Å². The fourth-order valence-corrected chi connectivity index (χ4v) is 2.75. The smallest absolute Gasteiger partial charge is 0.330 e. The molecule has 0 fully saturated rings. The zero-order valence-electron chi connectivity index (χ0n) is 10.3. The van der Waals surface area contributed by atoms with Gasteiger partial charge in [-0.1, -0.05) is 6.07 Å². The zero-order valence-corrected chi connectivity index (χ0v) is 11.1. The minimum atomic E-state index is -0.422. The molecule has 0 spiro atoms. The van der Waals surface area contributed by atoms with E-state index in [1.54, 1.807) is 11.3 Å². The van der Waals surface area contributed by atoms with E-state index in [9.17, 15) is 9.59 Å². The maximum atomic E-state index is 11.7. The summed E-state index contributed by atoms with van der Waals surface area (Å²) < 4.78 is 1.45. The van der Waals surface area contributed by atoms with Gasteiger partial charge in [-0.25, -0.2) is 9.78 Å². The number of H-pyrrole nitrogens is 2. The molecule has 3 aromatic heterocycles. The molecule has 0 amide bonds. The number of nitrogens with zero attached hydrogens (tertiary/aromatic N) is 2. The van der Waals surface area contributed by atoms with Gasteiger partial charge < -0.3 is 4.98 Å². The Morgan fingerprint density at radius 2 is 2.21 bits per heavy atom. The molecule has 0 aromatic carbocycles. The van der Waals surface area contributed by atoms with Crippen LogP contribution in [0.4, 0.5) is 0 Å². The number of hydrogen-bond donors (Lipinski definition) is 2. The first kappa shape index (κ1) is 11.9. The third-order valence-electron chi connectivity index (χ3n) is 2.92. The van der Waals surface area contributed by atoms with Crippen LogP contribution < -0.4 is 11.2 Å². The molecule has 7 heteroatoms. The Labute approximate surface area is 111 Å². The van der Waals surface area contributed by atoms with Crippen LogP contribution in [0.1, 0.15) is 17.6 Å². The Morgan fingerprint density at radius 1 is 1.37 bits per heavy atom. The lowest BCUT2D eigenvalue weighted by Gasteiger charge is -1.99. The summed E-state index contributed by atoms with van der Waals surface area (Å²) in [4.78, 5) is 34.2. The minimum absolute atomic E-state index is 0.355. The molecule has 0 bridgehead atoms. The summed E-state index contributed by atoms with van der Waals surface area (Å²) in [6.07, 6.45) is 0.629. The predicted octanol–water partition coefficient (Wildman–Crippen LogP) is 1.09. The average Bonchev–Trinajstić information content (AvgIpc) is 3.00. The van der Waals surface area contributed by atoms with Gasteiger partial charge in [-0.2, -0.15) is 0 Å². The van der Waals surface area contributed by atoms with Gasteiger partial charge in [0.25, 0.3) is 5.56 Å². The second-order valence-corrected chi connectivity index (χ2v) is 5.17. The number of aromatic nitrogens is 4. The van der Waals surface area contributed by atoms with Crippen molar-refractivity contribution in [1.82, 2.24) is 19.5 Å². The molecular formula is C12H12N4O2S. The van der Waals surface area contributed by atoms with Crippen molar-refractivity contribution >= 4 is 22.5 Å². The first-order valence-electron chi connectivity index (χ1n) is 5.93. The van der Waals surface area contributed by atoms with Crippen molar-refractivity contribution in [2.24, 2.45) is 0 Å². The summed E-state index contributed by atoms with van der Waals surface area (Å²) in [6.45, 7) is 2.31. The van der Waals surface area contributed by atoms with Crippen molar-refractivity contribution in [2.75, 3.05) is 0 Å². The molecule has 0 aliphatic rings. The summed E-state index contributed by atoms with van der Waals surface area (Å²) in [7, 11) is 0. The number of rotatable bonds is 3. The monoisotopic (exact) mass is 276 g/mol. The van der Waals surface area contributed by atoms with Gasteiger partial charge in [0.05, 0.1) is 0 Å². The highest BCUT2D eigenvalue weighted by Crippen LogP contribution is 2.14. The molecule has 0 aliphatic heterocycles. The molecule has 0 atom stereocenters. The van der Waals surface area contributed by atoms with Gasteiger partial charge in [-0.05, 0) is 18.4 Å². The van der Waals surface area contributed by atoms with Crippen molar-refractivity contribution in [3.63, 3.8) is 0 Å². The van der Waals surface area contributed by atoms with E-state index in [4.69, 9.17) is 0 Å². The molecule has 3 rings (SSSR count). The molecule has 2 N–H and O–H groups in total. The van der Waals surface area contributed by atoms with E-state index in [1.165, 1.54) is 4.57 Å². The van der Waals surface area contributed by atoms with Crippen LogP contribution in [0.15, 0.2) is 27.1 Å². The van der Waals surface area contributed by atoms with Crippen LogP contribution in [0.5, 0.6) is 0 Å². The Morgan fingerprint density at radius 3 is 2.89 bits per heavy atom. The van der Waals surface area contributed by atoms with Gasteiger partial charge in [-0.15, -0.1) is 11.3 Å². The standard InChI is InChI=1S/C12H12N4O2S/c1-2-16-10-9(11(17)15-12(16)18)13-8(14-10)6-7-4-3-5-19-7/h3-5H,2,6H2,1H3,(H,13,14)(H,15,17,18). The van der Waals surface area contributed by atoms with E-state index in [2.05, 4.69) is 15.0 Å². The van der Waals surface area contributed by atoms with E-state index >= 15 is 0 Å². The van der Waals surface area contributed by atoms with Crippen molar-refractivity contribution in [3.8, 4) is 0 Å².